The Bertz CT molecular complexity index is 550. The van der Waals surface area contributed by atoms with Crippen LogP contribution in [0, 0.1) is 0 Å². The van der Waals surface area contributed by atoms with E-state index in [9.17, 15) is 9.59 Å². The van der Waals surface area contributed by atoms with Crippen molar-refractivity contribution in [1.29, 1.82) is 0 Å². The van der Waals surface area contributed by atoms with Gasteiger partial charge in [-0.15, -0.1) is 0 Å². The Hall–Kier alpha value is -1.88. The Morgan fingerprint density at radius 1 is 1.17 bits per heavy atom. The Morgan fingerprint density at radius 3 is 2.29 bits per heavy atom. The largest absolute Gasteiger partial charge is 0.468 e. The summed E-state index contributed by atoms with van der Waals surface area (Å²) >= 11 is 0. The summed E-state index contributed by atoms with van der Waals surface area (Å²) in [5, 5.41) is 0. The van der Waals surface area contributed by atoms with Crippen LogP contribution in [0.1, 0.15) is 38.7 Å². The lowest BCUT2D eigenvalue weighted by molar-refractivity contribution is -0.154. The lowest BCUT2D eigenvalue weighted by Gasteiger charge is -2.42. The second-order valence-electron chi connectivity index (χ2n) is 6.15. The molecule has 1 fully saturated rings. The Labute approximate surface area is 143 Å². The highest BCUT2D eigenvalue weighted by atomic mass is 16.5. The van der Waals surface area contributed by atoms with E-state index >= 15 is 0 Å². The predicted octanol–water partition coefficient (Wildman–Crippen LogP) is 2.53. The number of piperidine rings is 1. The van der Waals surface area contributed by atoms with E-state index < -0.39 is 5.41 Å². The molecule has 1 aromatic rings. The molecule has 24 heavy (non-hydrogen) atoms. The standard InChI is InChI=1S/C19H27NO4/c1-4-16(17(21)23-3)20-13-11-19(12-14-20,18(22)24-5-2)15-9-7-6-8-10-15/h6-10,16H,4-5,11-14H2,1-3H3. The Balaban J connectivity index is 2.21. The van der Waals surface area contributed by atoms with Crippen LogP contribution >= 0.6 is 0 Å². The average molecular weight is 333 g/mol. The van der Waals surface area contributed by atoms with Crippen LogP contribution in [0.15, 0.2) is 30.3 Å². The highest BCUT2D eigenvalue weighted by Gasteiger charge is 2.45. The molecule has 1 aromatic carbocycles. The molecule has 1 atom stereocenters. The summed E-state index contributed by atoms with van der Waals surface area (Å²) in [6.07, 6.45) is 1.98. The molecule has 132 valence electrons. The van der Waals surface area contributed by atoms with Crippen LogP contribution in [-0.2, 0) is 24.5 Å². The quantitative estimate of drug-likeness (QED) is 0.749. The molecule has 2 rings (SSSR count). The van der Waals surface area contributed by atoms with E-state index in [4.69, 9.17) is 9.47 Å². The summed E-state index contributed by atoms with van der Waals surface area (Å²) < 4.78 is 10.3. The number of hydrogen-bond acceptors (Lipinski definition) is 5. The van der Waals surface area contributed by atoms with Crippen molar-refractivity contribution in [1.82, 2.24) is 4.90 Å². The summed E-state index contributed by atoms with van der Waals surface area (Å²) in [6, 6.07) is 9.58. The molecule has 1 aliphatic heterocycles. The van der Waals surface area contributed by atoms with Gasteiger partial charge in [0.1, 0.15) is 6.04 Å². The molecular weight excluding hydrogens is 306 g/mol. The van der Waals surface area contributed by atoms with Crippen molar-refractivity contribution in [3.63, 3.8) is 0 Å². The molecule has 0 aromatic heterocycles. The van der Waals surface area contributed by atoms with Gasteiger partial charge in [0.2, 0.25) is 0 Å². The fraction of sp³-hybridized carbons (Fsp3) is 0.579. The van der Waals surface area contributed by atoms with E-state index in [1.807, 2.05) is 44.2 Å². The number of hydrogen-bond donors (Lipinski definition) is 0. The van der Waals surface area contributed by atoms with Gasteiger partial charge in [-0.3, -0.25) is 14.5 Å². The van der Waals surface area contributed by atoms with Crippen LogP contribution in [0.25, 0.3) is 0 Å². The van der Waals surface area contributed by atoms with Crippen molar-refractivity contribution < 1.29 is 19.1 Å². The lowest BCUT2D eigenvalue weighted by atomic mass is 9.72. The predicted molar refractivity (Wildman–Crippen MR) is 91.7 cm³/mol. The average Bonchev–Trinajstić information content (AvgIpc) is 2.63. The van der Waals surface area contributed by atoms with E-state index in [0.717, 1.165) is 5.56 Å². The van der Waals surface area contributed by atoms with Gasteiger partial charge in [-0.1, -0.05) is 37.3 Å². The smallest absolute Gasteiger partial charge is 0.323 e. The third-order valence-corrected chi connectivity index (χ3v) is 4.94. The topological polar surface area (TPSA) is 55.8 Å². The van der Waals surface area contributed by atoms with E-state index in [0.29, 0.717) is 39.0 Å². The van der Waals surface area contributed by atoms with Crippen LogP contribution in [-0.4, -0.2) is 49.7 Å². The van der Waals surface area contributed by atoms with Crippen molar-refractivity contribution in [3.8, 4) is 0 Å². The summed E-state index contributed by atoms with van der Waals surface area (Å²) in [5.41, 5.74) is 0.372. The number of carbonyl (C=O) groups is 2. The van der Waals surface area contributed by atoms with Gasteiger partial charge in [-0.2, -0.15) is 0 Å². The zero-order valence-electron chi connectivity index (χ0n) is 14.8. The first-order valence-corrected chi connectivity index (χ1v) is 8.63. The number of likely N-dealkylation sites (tertiary alicyclic amines) is 1. The van der Waals surface area contributed by atoms with Gasteiger partial charge in [0.05, 0.1) is 19.1 Å². The molecule has 0 radical (unpaired) electrons. The van der Waals surface area contributed by atoms with Gasteiger partial charge in [0.25, 0.3) is 0 Å². The van der Waals surface area contributed by atoms with Gasteiger partial charge in [0.15, 0.2) is 0 Å². The van der Waals surface area contributed by atoms with Crippen LogP contribution in [0.4, 0.5) is 0 Å². The molecule has 0 amide bonds. The molecule has 1 aliphatic rings. The maximum absolute atomic E-state index is 12.7. The van der Waals surface area contributed by atoms with E-state index in [1.54, 1.807) is 0 Å². The molecule has 0 spiro atoms. The van der Waals surface area contributed by atoms with Crippen molar-refractivity contribution >= 4 is 11.9 Å². The molecule has 0 aliphatic carbocycles. The molecular formula is C19H27NO4. The first-order chi connectivity index (χ1) is 11.6. The van der Waals surface area contributed by atoms with Crippen LogP contribution in [0.5, 0.6) is 0 Å². The number of methoxy groups -OCH3 is 1. The maximum atomic E-state index is 12.7. The number of nitrogens with zero attached hydrogens (tertiary/aromatic N) is 1. The van der Waals surface area contributed by atoms with Crippen molar-refractivity contribution in [3.05, 3.63) is 35.9 Å². The summed E-state index contributed by atoms with van der Waals surface area (Å²) in [6.45, 7) is 5.52. The molecule has 5 heteroatoms. The van der Waals surface area contributed by atoms with Crippen molar-refractivity contribution in [2.24, 2.45) is 0 Å². The highest BCUT2D eigenvalue weighted by molar-refractivity contribution is 5.83. The van der Waals surface area contributed by atoms with Crippen molar-refractivity contribution in [2.75, 3.05) is 26.8 Å². The summed E-state index contributed by atoms with van der Waals surface area (Å²) in [7, 11) is 1.42. The number of benzene rings is 1. The summed E-state index contributed by atoms with van der Waals surface area (Å²) in [4.78, 5) is 26.8. The normalized spacial score (nSPS) is 18.6. The highest BCUT2D eigenvalue weighted by Crippen LogP contribution is 2.37. The third-order valence-electron chi connectivity index (χ3n) is 4.94. The molecule has 0 N–H and O–H groups in total. The zero-order valence-corrected chi connectivity index (χ0v) is 14.8. The SMILES string of the molecule is CCOC(=O)C1(c2ccccc2)CCN(C(CC)C(=O)OC)CC1. The number of carbonyl (C=O) groups excluding carboxylic acids is 2. The maximum Gasteiger partial charge on any atom is 0.323 e. The monoisotopic (exact) mass is 333 g/mol. The minimum absolute atomic E-state index is 0.165. The van der Waals surface area contributed by atoms with Gasteiger partial charge in [-0.25, -0.2) is 0 Å². The molecule has 1 unspecified atom stereocenters. The molecule has 0 saturated carbocycles. The molecule has 5 nitrogen and oxygen atoms in total. The fourth-order valence-corrected chi connectivity index (χ4v) is 3.56. The number of ether oxygens (including phenoxy) is 2. The van der Waals surface area contributed by atoms with Crippen LogP contribution < -0.4 is 0 Å². The van der Waals surface area contributed by atoms with E-state index in [1.165, 1.54) is 7.11 Å². The Morgan fingerprint density at radius 2 is 1.79 bits per heavy atom. The summed E-state index contributed by atoms with van der Waals surface area (Å²) in [5.74, 6) is -0.372. The molecule has 1 saturated heterocycles. The minimum atomic E-state index is -0.623. The molecule has 0 bridgehead atoms. The van der Waals surface area contributed by atoms with Crippen molar-refractivity contribution in [2.45, 2.75) is 44.6 Å². The lowest BCUT2D eigenvalue weighted by Crippen LogP contribution is -2.52. The first-order valence-electron chi connectivity index (χ1n) is 8.63. The van der Waals surface area contributed by atoms with Gasteiger partial charge in [-0.05, 0) is 31.7 Å². The van der Waals surface area contributed by atoms with Crippen LogP contribution in [0.2, 0.25) is 0 Å². The zero-order chi connectivity index (χ0) is 17.6. The minimum Gasteiger partial charge on any atom is -0.468 e. The second kappa shape index (κ2) is 8.29. The second-order valence-corrected chi connectivity index (χ2v) is 6.15. The fourth-order valence-electron chi connectivity index (χ4n) is 3.56. The first kappa shape index (κ1) is 18.5. The van der Waals surface area contributed by atoms with Gasteiger partial charge < -0.3 is 9.47 Å². The third kappa shape index (κ3) is 3.61. The van der Waals surface area contributed by atoms with Gasteiger partial charge in [0, 0.05) is 13.1 Å². The molecule has 1 heterocycles. The Kier molecular flexibility index (Phi) is 6.37. The van der Waals surface area contributed by atoms with E-state index in [-0.39, 0.29) is 18.0 Å². The number of rotatable bonds is 6. The van der Waals surface area contributed by atoms with Gasteiger partial charge >= 0.3 is 11.9 Å². The number of esters is 2. The van der Waals surface area contributed by atoms with E-state index in [2.05, 4.69) is 4.90 Å². The van der Waals surface area contributed by atoms with Crippen LogP contribution in [0.3, 0.4) is 0 Å².